The Bertz CT molecular complexity index is 1490. The van der Waals surface area contributed by atoms with E-state index in [0.29, 0.717) is 45.9 Å². The number of fused-ring (bicyclic) bond motifs is 1. The van der Waals surface area contributed by atoms with Crippen LogP contribution in [0.3, 0.4) is 0 Å². The van der Waals surface area contributed by atoms with Gasteiger partial charge in [0.05, 0.1) is 17.6 Å². The molecule has 2 fully saturated rings. The second kappa shape index (κ2) is 12.4. The molecule has 0 spiro atoms. The third-order valence-electron chi connectivity index (χ3n) is 7.39. The number of aromatic nitrogens is 2. The van der Waals surface area contributed by atoms with Crippen LogP contribution in [0.2, 0.25) is 0 Å². The molecular formula is C30H35N5O3S2. The number of amides is 1. The van der Waals surface area contributed by atoms with Crippen LogP contribution in [0.15, 0.2) is 52.3 Å². The van der Waals surface area contributed by atoms with Gasteiger partial charge in [-0.25, -0.2) is 4.98 Å². The molecule has 2 aromatic heterocycles. The zero-order valence-electron chi connectivity index (χ0n) is 23.3. The van der Waals surface area contributed by atoms with Gasteiger partial charge in [0.1, 0.15) is 21.5 Å². The summed E-state index contributed by atoms with van der Waals surface area (Å²) >= 11 is 6.82. The number of piperazine rings is 1. The highest BCUT2D eigenvalue weighted by molar-refractivity contribution is 8.26. The van der Waals surface area contributed by atoms with Crippen LogP contribution < -0.4 is 20.1 Å². The van der Waals surface area contributed by atoms with Crippen LogP contribution >= 0.6 is 24.0 Å². The topological polar surface area (TPSA) is 70.4 Å². The zero-order valence-corrected chi connectivity index (χ0v) is 24.9. The fraction of sp³-hybridized carbons (Fsp3) is 0.400. The maximum absolute atomic E-state index is 13.9. The first-order chi connectivity index (χ1) is 19.4. The lowest BCUT2D eigenvalue weighted by molar-refractivity contribution is -0.122. The Morgan fingerprint density at radius 1 is 1.00 bits per heavy atom. The van der Waals surface area contributed by atoms with E-state index in [1.165, 1.54) is 11.8 Å². The molecule has 0 unspecified atom stereocenters. The van der Waals surface area contributed by atoms with Crippen LogP contribution in [0, 0.1) is 6.92 Å². The number of nitrogens with zero attached hydrogens (tertiary/aromatic N) is 5. The number of pyridine rings is 1. The molecule has 0 aliphatic carbocycles. The number of hydrogen-bond acceptors (Lipinski definition) is 8. The van der Waals surface area contributed by atoms with E-state index in [1.807, 2.05) is 31.2 Å². The predicted molar refractivity (Wildman–Crippen MR) is 168 cm³/mol. The maximum Gasteiger partial charge on any atom is 0.267 e. The standard InChI is InChI=1S/C30H35N5O3S2/c1-4-5-6-7-14-34-29(37)25(40-30(34)39)19-24-27(31-26-13-8-21(2)20-35(26)28(24)36)33-17-15-32(16-18-33)22-9-11-23(38-3)12-10-22/h8-13,19-20H,4-7,14-18H2,1-3H3. The number of rotatable bonds is 9. The third-order valence-corrected chi connectivity index (χ3v) is 8.76. The highest BCUT2D eigenvalue weighted by Crippen LogP contribution is 2.34. The fourth-order valence-corrected chi connectivity index (χ4v) is 6.39. The van der Waals surface area contributed by atoms with Gasteiger partial charge in [-0.05, 0) is 55.3 Å². The van der Waals surface area contributed by atoms with Crippen LogP contribution in [0.1, 0.15) is 43.7 Å². The minimum Gasteiger partial charge on any atom is -0.497 e. The number of benzene rings is 1. The second-order valence-corrected chi connectivity index (χ2v) is 11.8. The minimum absolute atomic E-state index is 0.129. The first-order valence-corrected chi connectivity index (χ1v) is 15.0. The summed E-state index contributed by atoms with van der Waals surface area (Å²) in [6.45, 7) is 7.66. The Morgan fingerprint density at radius 3 is 2.42 bits per heavy atom. The molecule has 210 valence electrons. The molecule has 5 rings (SSSR count). The number of aryl methyl sites for hydroxylation is 1. The van der Waals surface area contributed by atoms with E-state index in [2.05, 4.69) is 28.9 Å². The molecule has 2 saturated heterocycles. The van der Waals surface area contributed by atoms with Gasteiger partial charge in [-0.15, -0.1) is 0 Å². The van der Waals surface area contributed by atoms with E-state index in [-0.39, 0.29) is 11.5 Å². The molecule has 40 heavy (non-hydrogen) atoms. The Hall–Kier alpha value is -3.37. The van der Waals surface area contributed by atoms with Crippen LogP contribution in [-0.4, -0.2) is 64.3 Å². The van der Waals surface area contributed by atoms with Gasteiger partial charge in [0, 0.05) is 44.6 Å². The Kier molecular flexibility index (Phi) is 8.75. The number of methoxy groups -OCH3 is 1. The highest BCUT2D eigenvalue weighted by Gasteiger charge is 2.33. The van der Waals surface area contributed by atoms with E-state index >= 15 is 0 Å². The molecular weight excluding hydrogens is 542 g/mol. The zero-order chi connectivity index (χ0) is 28.2. The molecule has 0 bridgehead atoms. The Morgan fingerprint density at radius 2 is 1.73 bits per heavy atom. The largest absolute Gasteiger partial charge is 0.497 e. The number of thiocarbonyl (C=S) groups is 1. The van der Waals surface area contributed by atoms with Gasteiger partial charge in [0.25, 0.3) is 11.5 Å². The van der Waals surface area contributed by atoms with Crippen LogP contribution in [-0.2, 0) is 4.79 Å². The highest BCUT2D eigenvalue weighted by atomic mass is 32.2. The summed E-state index contributed by atoms with van der Waals surface area (Å²) in [6, 6.07) is 11.9. The van der Waals surface area contributed by atoms with Gasteiger partial charge in [-0.1, -0.05) is 56.2 Å². The van der Waals surface area contributed by atoms with Crippen molar-refractivity contribution in [2.24, 2.45) is 0 Å². The summed E-state index contributed by atoms with van der Waals surface area (Å²) in [5.41, 5.74) is 2.91. The van der Waals surface area contributed by atoms with Gasteiger partial charge in [0.15, 0.2) is 0 Å². The normalized spacial score (nSPS) is 17.0. The van der Waals surface area contributed by atoms with Crippen molar-refractivity contribution >= 4 is 57.4 Å². The molecule has 2 aliphatic rings. The fourth-order valence-electron chi connectivity index (χ4n) is 5.10. The monoisotopic (exact) mass is 577 g/mol. The Balaban J connectivity index is 1.45. The van der Waals surface area contributed by atoms with Gasteiger partial charge in [0.2, 0.25) is 0 Å². The van der Waals surface area contributed by atoms with E-state index in [4.69, 9.17) is 21.9 Å². The average Bonchev–Trinajstić information content (AvgIpc) is 3.24. The van der Waals surface area contributed by atoms with Crippen molar-refractivity contribution in [3.05, 3.63) is 69.0 Å². The van der Waals surface area contributed by atoms with Gasteiger partial charge < -0.3 is 14.5 Å². The number of anilines is 2. The molecule has 0 atom stereocenters. The van der Waals surface area contributed by atoms with E-state index in [0.717, 1.165) is 55.8 Å². The first-order valence-electron chi connectivity index (χ1n) is 13.8. The lowest BCUT2D eigenvalue weighted by Crippen LogP contribution is -2.47. The van der Waals surface area contributed by atoms with Crippen molar-refractivity contribution in [2.75, 3.05) is 49.6 Å². The maximum atomic E-state index is 13.9. The number of carbonyl (C=O) groups excluding carboxylic acids is 1. The number of ether oxygens (including phenoxy) is 1. The van der Waals surface area contributed by atoms with Crippen molar-refractivity contribution in [3.8, 4) is 5.75 Å². The van der Waals surface area contributed by atoms with Gasteiger partial charge in [-0.2, -0.15) is 0 Å². The molecule has 3 aromatic rings. The molecule has 0 saturated carbocycles. The van der Waals surface area contributed by atoms with Gasteiger partial charge >= 0.3 is 0 Å². The summed E-state index contributed by atoms with van der Waals surface area (Å²) in [5.74, 6) is 1.31. The van der Waals surface area contributed by atoms with Crippen LogP contribution in [0.5, 0.6) is 5.75 Å². The lowest BCUT2D eigenvalue weighted by atomic mass is 10.2. The minimum atomic E-state index is -0.186. The Labute approximate surface area is 244 Å². The van der Waals surface area contributed by atoms with E-state index in [1.54, 1.807) is 28.7 Å². The number of hydrogen-bond donors (Lipinski definition) is 0. The number of thioether (sulfide) groups is 1. The summed E-state index contributed by atoms with van der Waals surface area (Å²) in [7, 11) is 1.66. The van der Waals surface area contributed by atoms with Crippen molar-refractivity contribution in [1.82, 2.24) is 14.3 Å². The van der Waals surface area contributed by atoms with E-state index in [9.17, 15) is 9.59 Å². The first kappa shape index (κ1) is 28.2. The second-order valence-electron chi connectivity index (χ2n) is 10.2. The van der Waals surface area contributed by atoms with Crippen molar-refractivity contribution in [2.45, 2.75) is 39.5 Å². The van der Waals surface area contributed by atoms with Crippen LogP contribution in [0.25, 0.3) is 11.7 Å². The average molecular weight is 578 g/mol. The predicted octanol–water partition coefficient (Wildman–Crippen LogP) is 5.12. The lowest BCUT2D eigenvalue weighted by Gasteiger charge is -2.37. The molecule has 1 amide bonds. The molecule has 1 aromatic carbocycles. The SMILES string of the molecule is CCCCCCN1C(=O)C(=Cc2c(N3CCN(c4ccc(OC)cc4)CC3)nc3ccc(C)cn3c2=O)SC1=S. The van der Waals surface area contributed by atoms with E-state index < -0.39 is 0 Å². The van der Waals surface area contributed by atoms with Crippen molar-refractivity contribution < 1.29 is 9.53 Å². The summed E-state index contributed by atoms with van der Waals surface area (Å²) in [4.78, 5) is 38.7. The summed E-state index contributed by atoms with van der Waals surface area (Å²) in [6.07, 6.45) is 7.75. The van der Waals surface area contributed by atoms with Crippen molar-refractivity contribution in [1.29, 1.82) is 0 Å². The molecule has 0 N–H and O–H groups in total. The molecule has 0 radical (unpaired) electrons. The summed E-state index contributed by atoms with van der Waals surface area (Å²) in [5, 5.41) is 0. The molecule has 2 aliphatic heterocycles. The summed E-state index contributed by atoms with van der Waals surface area (Å²) < 4.78 is 7.42. The molecule has 10 heteroatoms. The number of carbonyl (C=O) groups is 1. The quantitative estimate of drug-likeness (QED) is 0.197. The van der Waals surface area contributed by atoms with Crippen molar-refractivity contribution in [3.63, 3.8) is 0 Å². The smallest absolute Gasteiger partial charge is 0.267 e. The van der Waals surface area contributed by atoms with Gasteiger partial charge in [-0.3, -0.25) is 18.9 Å². The third kappa shape index (κ3) is 5.88. The molecule has 4 heterocycles. The van der Waals surface area contributed by atoms with Crippen LogP contribution in [0.4, 0.5) is 11.5 Å². The molecule has 8 nitrogen and oxygen atoms in total. The number of unbranched alkanes of at least 4 members (excludes halogenated alkanes) is 3.